The fourth-order valence-electron chi connectivity index (χ4n) is 2.50. The van der Waals surface area contributed by atoms with Gasteiger partial charge in [0.1, 0.15) is 5.75 Å². The van der Waals surface area contributed by atoms with Gasteiger partial charge in [-0.25, -0.2) is 9.67 Å². The summed E-state index contributed by atoms with van der Waals surface area (Å²) in [6.07, 6.45) is 5.36. The van der Waals surface area contributed by atoms with E-state index in [4.69, 9.17) is 4.74 Å². The van der Waals surface area contributed by atoms with Gasteiger partial charge in [-0.05, 0) is 43.7 Å². The largest absolute Gasteiger partial charge is 0.493 e. The van der Waals surface area contributed by atoms with Crippen molar-refractivity contribution in [1.82, 2.24) is 14.8 Å². The van der Waals surface area contributed by atoms with Gasteiger partial charge < -0.3 is 10.1 Å². The third kappa shape index (κ3) is 4.23. The van der Waals surface area contributed by atoms with Crippen LogP contribution >= 0.6 is 0 Å². The Balaban J connectivity index is 1.58. The Labute approximate surface area is 146 Å². The number of benzene rings is 1. The van der Waals surface area contributed by atoms with Crippen molar-refractivity contribution in [2.45, 2.75) is 20.3 Å². The third-order valence-corrected chi connectivity index (χ3v) is 3.70. The molecular formula is C19H20N4O2. The van der Waals surface area contributed by atoms with Crippen molar-refractivity contribution < 1.29 is 9.53 Å². The summed E-state index contributed by atoms with van der Waals surface area (Å²) < 4.78 is 7.32. The van der Waals surface area contributed by atoms with Crippen LogP contribution in [-0.2, 0) is 4.79 Å². The summed E-state index contributed by atoms with van der Waals surface area (Å²) in [7, 11) is 0. The third-order valence-electron chi connectivity index (χ3n) is 3.70. The number of ether oxygens (including phenoxy) is 1. The fraction of sp³-hybridized carbons (Fsp3) is 0.211. The van der Waals surface area contributed by atoms with E-state index in [2.05, 4.69) is 21.5 Å². The summed E-state index contributed by atoms with van der Waals surface area (Å²) in [5.41, 5.74) is 2.86. The highest BCUT2D eigenvalue weighted by molar-refractivity contribution is 5.92. The number of hydrogen-bond acceptors (Lipinski definition) is 4. The zero-order valence-corrected chi connectivity index (χ0v) is 14.3. The van der Waals surface area contributed by atoms with Crippen LogP contribution in [0.4, 0.5) is 5.69 Å². The van der Waals surface area contributed by atoms with Crippen LogP contribution in [-0.4, -0.2) is 27.3 Å². The molecule has 0 aliphatic rings. The number of anilines is 1. The second-order valence-corrected chi connectivity index (χ2v) is 5.74. The quantitative estimate of drug-likeness (QED) is 0.750. The Morgan fingerprint density at radius 2 is 2.08 bits per heavy atom. The van der Waals surface area contributed by atoms with E-state index in [0.29, 0.717) is 18.1 Å². The van der Waals surface area contributed by atoms with E-state index in [0.717, 1.165) is 11.3 Å². The smallest absolute Gasteiger partial charge is 0.227 e. The molecule has 0 aliphatic carbocycles. The molecule has 1 amide bonds. The van der Waals surface area contributed by atoms with Gasteiger partial charge in [-0.15, -0.1) is 0 Å². The van der Waals surface area contributed by atoms with Crippen molar-refractivity contribution >= 4 is 11.6 Å². The molecule has 0 unspecified atom stereocenters. The van der Waals surface area contributed by atoms with Crippen molar-refractivity contribution in [1.29, 1.82) is 0 Å². The van der Waals surface area contributed by atoms with Gasteiger partial charge in [-0.3, -0.25) is 4.79 Å². The van der Waals surface area contributed by atoms with Crippen molar-refractivity contribution in [2.75, 3.05) is 11.9 Å². The van der Waals surface area contributed by atoms with Gasteiger partial charge in [0.25, 0.3) is 0 Å². The molecule has 0 atom stereocenters. The molecule has 6 heteroatoms. The van der Waals surface area contributed by atoms with Gasteiger partial charge in [0.15, 0.2) is 5.82 Å². The SMILES string of the molecule is Cc1ccc(OCCC(=O)Nc2cccnc2-n2cccn2)c(C)c1. The van der Waals surface area contributed by atoms with Crippen LogP contribution < -0.4 is 10.1 Å². The van der Waals surface area contributed by atoms with Crippen LogP contribution in [0.5, 0.6) is 5.75 Å². The molecule has 2 aromatic heterocycles. The van der Waals surface area contributed by atoms with Crippen LogP contribution in [0, 0.1) is 13.8 Å². The minimum absolute atomic E-state index is 0.133. The van der Waals surface area contributed by atoms with E-state index in [1.54, 1.807) is 41.5 Å². The summed E-state index contributed by atoms with van der Waals surface area (Å²) in [6, 6.07) is 11.4. The Hall–Kier alpha value is -3.15. The highest BCUT2D eigenvalue weighted by Crippen LogP contribution is 2.19. The average Bonchev–Trinajstić information content (AvgIpc) is 3.12. The number of pyridine rings is 1. The molecule has 128 valence electrons. The van der Waals surface area contributed by atoms with E-state index in [-0.39, 0.29) is 12.3 Å². The summed E-state index contributed by atoms with van der Waals surface area (Å²) in [4.78, 5) is 16.5. The first-order valence-electron chi connectivity index (χ1n) is 8.08. The minimum atomic E-state index is -0.133. The number of carbonyl (C=O) groups excluding carboxylic acids is 1. The molecule has 0 saturated heterocycles. The van der Waals surface area contributed by atoms with Gasteiger partial charge in [0.05, 0.1) is 18.7 Å². The first-order chi connectivity index (χ1) is 12.1. The number of aryl methyl sites for hydroxylation is 2. The molecule has 3 rings (SSSR count). The fourth-order valence-corrected chi connectivity index (χ4v) is 2.50. The molecular weight excluding hydrogens is 316 g/mol. The lowest BCUT2D eigenvalue weighted by Crippen LogP contribution is -2.17. The van der Waals surface area contributed by atoms with Gasteiger partial charge in [0.2, 0.25) is 5.91 Å². The second-order valence-electron chi connectivity index (χ2n) is 5.74. The predicted octanol–water partition coefficient (Wildman–Crippen LogP) is 3.29. The minimum Gasteiger partial charge on any atom is -0.493 e. The van der Waals surface area contributed by atoms with Crippen LogP contribution in [0.3, 0.4) is 0 Å². The monoisotopic (exact) mass is 336 g/mol. The normalized spacial score (nSPS) is 10.5. The lowest BCUT2D eigenvalue weighted by molar-refractivity contribution is -0.116. The Bertz CT molecular complexity index is 860. The molecule has 1 N–H and O–H groups in total. The highest BCUT2D eigenvalue weighted by atomic mass is 16.5. The Morgan fingerprint density at radius 3 is 2.84 bits per heavy atom. The maximum absolute atomic E-state index is 12.2. The zero-order valence-electron chi connectivity index (χ0n) is 14.3. The molecule has 0 fully saturated rings. The number of rotatable bonds is 6. The molecule has 6 nitrogen and oxygen atoms in total. The van der Waals surface area contributed by atoms with E-state index in [1.165, 1.54) is 5.56 Å². The molecule has 2 heterocycles. The Kier molecular flexibility index (Phi) is 5.09. The highest BCUT2D eigenvalue weighted by Gasteiger charge is 2.10. The standard InChI is InChI=1S/C19H20N4O2/c1-14-6-7-17(15(2)13-14)25-12-8-18(24)22-16-5-3-9-20-19(16)23-11-4-10-21-23/h3-7,9-11,13H,8,12H2,1-2H3,(H,22,24). The molecule has 1 aromatic carbocycles. The second kappa shape index (κ2) is 7.61. The lowest BCUT2D eigenvalue weighted by atomic mass is 10.1. The van der Waals surface area contributed by atoms with Crippen molar-refractivity contribution in [2.24, 2.45) is 0 Å². The molecule has 0 radical (unpaired) electrons. The van der Waals surface area contributed by atoms with E-state index in [1.807, 2.05) is 26.0 Å². The van der Waals surface area contributed by atoms with Crippen LogP contribution in [0.2, 0.25) is 0 Å². The van der Waals surface area contributed by atoms with E-state index >= 15 is 0 Å². The molecule has 0 aliphatic heterocycles. The topological polar surface area (TPSA) is 69.0 Å². The number of amides is 1. The zero-order chi connectivity index (χ0) is 17.6. The molecule has 0 spiro atoms. The predicted molar refractivity (Wildman–Crippen MR) is 96.0 cm³/mol. The van der Waals surface area contributed by atoms with Gasteiger partial charge in [0, 0.05) is 18.6 Å². The summed E-state index contributed by atoms with van der Waals surface area (Å²) in [5, 5.41) is 7.02. The first kappa shape index (κ1) is 16.7. The molecule has 25 heavy (non-hydrogen) atoms. The summed E-state index contributed by atoms with van der Waals surface area (Å²) >= 11 is 0. The molecule has 3 aromatic rings. The van der Waals surface area contributed by atoms with Gasteiger partial charge in [-0.1, -0.05) is 17.7 Å². The summed E-state index contributed by atoms with van der Waals surface area (Å²) in [5.74, 6) is 1.25. The van der Waals surface area contributed by atoms with Crippen molar-refractivity contribution in [3.8, 4) is 11.6 Å². The van der Waals surface area contributed by atoms with Gasteiger partial charge in [-0.2, -0.15) is 5.10 Å². The maximum Gasteiger partial charge on any atom is 0.227 e. The lowest BCUT2D eigenvalue weighted by Gasteiger charge is -2.11. The van der Waals surface area contributed by atoms with Crippen molar-refractivity contribution in [3.05, 3.63) is 66.1 Å². The molecule has 0 bridgehead atoms. The van der Waals surface area contributed by atoms with Crippen LogP contribution in [0.15, 0.2) is 55.0 Å². The van der Waals surface area contributed by atoms with Gasteiger partial charge >= 0.3 is 0 Å². The Morgan fingerprint density at radius 1 is 1.20 bits per heavy atom. The molecule has 0 saturated carbocycles. The van der Waals surface area contributed by atoms with E-state index in [9.17, 15) is 4.79 Å². The maximum atomic E-state index is 12.2. The van der Waals surface area contributed by atoms with Crippen molar-refractivity contribution in [3.63, 3.8) is 0 Å². The van der Waals surface area contributed by atoms with Crippen LogP contribution in [0.1, 0.15) is 17.5 Å². The van der Waals surface area contributed by atoms with Crippen LogP contribution in [0.25, 0.3) is 5.82 Å². The average molecular weight is 336 g/mol. The number of nitrogens with zero attached hydrogens (tertiary/aromatic N) is 3. The number of carbonyl (C=O) groups is 1. The number of hydrogen-bond donors (Lipinski definition) is 1. The van der Waals surface area contributed by atoms with E-state index < -0.39 is 0 Å². The summed E-state index contributed by atoms with van der Waals surface area (Å²) in [6.45, 7) is 4.34. The number of aromatic nitrogens is 3. The number of nitrogens with one attached hydrogen (secondary N) is 1. The first-order valence-corrected chi connectivity index (χ1v) is 8.08.